The summed E-state index contributed by atoms with van der Waals surface area (Å²) in [7, 11) is 0. The van der Waals surface area contributed by atoms with Crippen molar-refractivity contribution in [2.24, 2.45) is 0 Å². The number of benzene rings is 1. The molecule has 1 amide bonds. The van der Waals surface area contributed by atoms with Gasteiger partial charge in [-0.05, 0) is 51.3 Å². The van der Waals surface area contributed by atoms with Crippen LogP contribution in [0.15, 0.2) is 18.2 Å². The molecule has 0 N–H and O–H groups in total. The molecular formula is C15H19NO3. The second kappa shape index (κ2) is 4.76. The predicted octanol–water partition coefficient (Wildman–Crippen LogP) is 2.82. The molecule has 102 valence electrons. The first-order chi connectivity index (χ1) is 9.16. The van der Waals surface area contributed by atoms with E-state index in [0.717, 1.165) is 18.6 Å². The number of hydrogen-bond acceptors (Lipinski definition) is 3. The van der Waals surface area contributed by atoms with Crippen LogP contribution in [0.3, 0.4) is 0 Å². The molecule has 3 rings (SSSR count). The normalized spacial score (nSPS) is 25.5. The number of amides is 1. The number of likely N-dealkylation sites (tertiary alicyclic amines) is 1. The molecule has 1 fully saturated rings. The third kappa shape index (κ3) is 2.15. The van der Waals surface area contributed by atoms with Gasteiger partial charge in [0.2, 0.25) is 6.79 Å². The molecule has 0 aliphatic carbocycles. The number of piperidine rings is 1. The van der Waals surface area contributed by atoms with Gasteiger partial charge in [0.15, 0.2) is 11.5 Å². The molecule has 2 heterocycles. The van der Waals surface area contributed by atoms with Crippen molar-refractivity contribution in [3.63, 3.8) is 0 Å². The smallest absolute Gasteiger partial charge is 0.254 e. The van der Waals surface area contributed by atoms with Crippen molar-refractivity contribution < 1.29 is 14.3 Å². The molecule has 19 heavy (non-hydrogen) atoms. The maximum atomic E-state index is 12.6. The number of fused-ring (bicyclic) bond motifs is 1. The van der Waals surface area contributed by atoms with Gasteiger partial charge in [0.25, 0.3) is 5.91 Å². The van der Waals surface area contributed by atoms with E-state index in [1.807, 2.05) is 17.0 Å². The molecule has 2 aliphatic heterocycles. The van der Waals surface area contributed by atoms with Crippen LogP contribution in [0.2, 0.25) is 0 Å². The number of carbonyl (C=O) groups is 1. The van der Waals surface area contributed by atoms with Gasteiger partial charge in [0, 0.05) is 17.6 Å². The van der Waals surface area contributed by atoms with Gasteiger partial charge in [0.1, 0.15) is 0 Å². The third-order valence-corrected chi connectivity index (χ3v) is 4.05. The Morgan fingerprint density at radius 3 is 2.58 bits per heavy atom. The molecule has 2 aliphatic rings. The van der Waals surface area contributed by atoms with Crippen LogP contribution >= 0.6 is 0 Å². The fourth-order valence-corrected chi connectivity index (χ4v) is 3.00. The molecule has 0 unspecified atom stereocenters. The highest BCUT2D eigenvalue weighted by molar-refractivity contribution is 5.95. The molecule has 0 bridgehead atoms. The minimum absolute atomic E-state index is 0.0954. The van der Waals surface area contributed by atoms with Crippen LogP contribution in [0.5, 0.6) is 11.5 Å². The van der Waals surface area contributed by atoms with Crippen molar-refractivity contribution in [2.75, 3.05) is 6.79 Å². The molecule has 0 spiro atoms. The first kappa shape index (κ1) is 12.3. The monoisotopic (exact) mass is 261 g/mol. The zero-order valence-corrected chi connectivity index (χ0v) is 11.4. The van der Waals surface area contributed by atoms with Crippen molar-refractivity contribution in [1.82, 2.24) is 4.90 Å². The van der Waals surface area contributed by atoms with E-state index in [2.05, 4.69) is 13.8 Å². The zero-order valence-electron chi connectivity index (χ0n) is 11.4. The molecule has 1 aromatic rings. The van der Waals surface area contributed by atoms with E-state index >= 15 is 0 Å². The first-order valence-electron chi connectivity index (χ1n) is 6.89. The minimum atomic E-state index is 0.0954. The van der Waals surface area contributed by atoms with E-state index in [9.17, 15) is 4.79 Å². The predicted molar refractivity (Wildman–Crippen MR) is 71.5 cm³/mol. The van der Waals surface area contributed by atoms with Gasteiger partial charge in [-0.25, -0.2) is 0 Å². The van der Waals surface area contributed by atoms with Crippen LogP contribution in [0.25, 0.3) is 0 Å². The number of carbonyl (C=O) groups excluding carboxylic acids is 1. The SMILES string of the molecule is C[C@H]1CCC[C@H](C)N1C(=O)c1ccc2c(c1)OCO2. The van der Waals surface area contributed by atoms with Crippen molar-refractivity contribution in [1.29, 1.82) is 0 Å². The lowest BCUT2D eigenvalue weighted by Gasteiger charge is -2.39. The van der Waals surface area contributed by atoms with Gasteiger partial charge >= 0.3 is 0 Å². The average Bonchev–Trinajstić information content (AvgIpc) is 2.85. The van der Waals surface area contributed by atoms with Crippen LogP contribution in [0.1, 0.15) is 43.5 Å². The molecule has 1 aromatic carbocycles. The molecule has 1 saturated heterocycles. The Bertz CT molecular complexity index is 490. The van der Waals surface area contributed by atoms with E-state index in [0.29, 0.717) is 23.4 Å². The molecule has 4 heteroatoms. The first-order valence-corrected chi connectivity index (χ1v) is 6.89. The molecular weight excluding hydrogens is 242 g/mol. The highest BCUT2D eigenvalue weighted by Crippen LogP contribution is 2.33. The summed E-state index contributed by atoms with van der Waals surface area (Å²) in [6.45, 7) is 4.49. The summed E-state index contributed by atoms with van der Waals surface area (Å²) < 4.78 is 10.6. The minimum Gasteiger partial charge on any atom is -0.454 e. The van der Waals surface area contributed by atoms with Crippen LogP contribution in [0.4, 0.5) is 0 Å². The number of rotatable bonds is 1. The van der Waals surface area contributed by atoms with E-state index in [1.54, 1.807) is 6.07 Å². The summed E-state index contributed by atoms with van der Waals surface area (Å²) in [6.07, 6.45) is 3.37. The third-order valence-electron chi connectivity index (χ3n) is 4.05. The Kier molecular flexibility index (Phi) is 3.09. The fraction of sp³-hybridized carbons (Fsp3) is 0.533. The van der Waals surface area contributed by atoms with Crippen LogP contribution in [-0.2, 0) is 0 Å². The second-order valence-electron chi connectivity index (χ2n) is 5.41. The van der Waals surface area contributed by atoms with Gasteiger partial charge in [-0.1, -0.05) is 0 Å². The van der Waals surface area contributed by atoms with Gasteiger partial charge in [0.05, 0.1) is 0 Å². The fourth-order valence-electron chi connectivity index (χ4n) is 3.00. The van der Waals surface area contributed by atoms with Gasteiger partial charge < -0.3 is 14.4 Å². The lowest BCUT2D eigenvalue weighted by molar-refractivity contribution is 0.0510. The van der Waals surface area contributed by atoms with E-state index < -0.39 is 0 Å². The quantitative estimate of drug-likeness (QED) is 0.780. The second-order valence-corrected chi connectivity index (χ2v) is 5.41. The molecule has 0 saturated carbocycles. The van der Waals surface area contributed by atoms with E-state index in [4.69, 9.17) is 9.47 Å². The Balaban J connectivity index is 1.86. The standard InChI is InChI=1S/C15H19NO3/c1-10-4-3-5-11(2)16(10)15(17)12-6-7-13-14(8-12)19-9-18-13/h6-8,10-11H,3-5,9H2,1-2H3/t10-,11-/m0/s1. The molecule has 4 nitrogen and oxygen atoms in total. The topological polar surface area (TPSA) is 38.8 Å². The lowest BCUT2D eigenvalue weighted by atomic mass is 9.96. The average molecular weight is 261 g/mol. The lowest BCUT2D eigenvalue weighted by Crippen LogP contribution is -2.47. The van der Waals surface area contributed by atoms with Crippen LogP contribution < -0.4 is 9.47 Å². The summed E-state index contributed by atoms with van der Waals surface area (Å²) >= 11 is 0. The maximum absolute atomic E-state index is 12.6. The zero-order chi connectivity index (χ0) is 13.4. The molecule has 0 aromatic heterocycles. The Hall–Kier alpha value is -1.71. The summed E-state index contributed by atoms with van der Waals surface area (Å²) in [5, 5.41) is 0. The Morgan fingerprint density at radius 2 is 1.84 bits per heavy atom. The number of nitrogens with zero attached hydrogens (tertiary/aromatic N) is 1. The summed E-state index contributed by atoms with van der Waals surface area (Å²) in [6, 6.07) is 6.04. The summed E-state index contributed by atoms with van der Waals surface area (Å²) in [5.41, 5.74) is 0.685. The van der Waals surface area contributed by atoms with Gasteiger partial charge in [-0.15, -0.1) is 0 Å². The van der Waals surface area contributed by atoms with E-state index in [1.165, 1.54) is 6.42 Å². The molecule has 0 radical (unpaired) electrons. The van der Waals surface area contributed by atoms with E-state index in [-0.39, 0.29) is 12.7 Å². The van der Waals surface area contributed by atoms with Gasteiger partial charge in [-0.2, -0.15) is 0 Å². The van der Waals surface area contributed by atoms with Crippen LogP contribution in [0, 0.1) is 0 Å². The highest BCUT2D eigenvalue weighted by Gasteiger charge is 2.30. The summed E-state index contributed by atoms with van der Waals surface area (Å²) in [4.78, 5) is 14.7. The van der Waals surface area contributed by atoms with Crippen molar-refractivity contribution in [3.8, 4) is 11.5 Å². The largest absolute Gasteiger partial charge is 0.454 e. The Labute approximate surface area is 113 Å². The maximum Gasteiger partial charge on any atom is 0.254 e. The van der Waals surface area contributed by atoms with Crippen molar-refractivity contribution in [2.45, 2.75) is 45.2 Å². The van der Waals surface area contributed by atoms with Crippen LogP contribution in [-0.4, -0.2) is 29.7 Å². The Morgan fingerprint density at radius 1 is 1.16 bits per heavy atom. The van der Waals surface area contributed by atoms with Crippen molar-refractivity contribution in [3.05, 3.63) is 23.8 Å². The highest BCUT2D eigenvalue weighted by atomic mass is 16.7. The van der Waals surface area contributed by atoms with Gasteiger partial charge in [-0.3, -0.25) is 4.79 Å². The number of hydrogen-bond donors (Lipinski definition) is 0. The van der Waals surface area contributed by atoms with Crippen molar-refractivity contribution >= 4 is 5.91 Å². The summed E-state index contributed by atoms with van der Waals surface area (Å²) in [5.74, 6) is 1.48. The molecule has 2 atom stereocenters. The number of ether oxygens (including phenoxy) is 2.